The summed E-state index contributed by atoms with van der Waals surface area (Å²) in [6.07, 6.45) is 1.14. The van der Waals surface area contributed by atoms with E-state index in [4.69, 9.17) is 4.74 Å². The normalized spacial score (nSPS) is 16.0. The molecular formula is C15H22N2O4S. The lowest BCUT2D eigenvalue weighted by molar-refractivity contribution is -0.135. The van der Waals surface area contributed by atoms with Gasteiger partial charge in [-0.15, -0.1) is 0 Å². The van der Waals surface area contributed by atoms with Crippen LogP contribution in [0.25, 0.3) is 0 Å². The van der Waals surface area contributed by atoms with Crippen molar-refractivity contribution in [3.63, 3.8) is 0 Å². The van der Waals surface area contributed by atoms with Gasteiger partial charge in [0, 0.05) is 19.6 Å². The highest BCUT2D eigenvalue weighted by Crippen LogP contribution is 2.13. The fourth-order valence-corrected chi connectivity index (χ4v) is 3.05. The van der Waals surface area contributed by atoms with Gasteiger partial charge in [0.1, 0.15) is 0 Å². The maximum atomic E-state index is 12.3. The van der Waals surface area contributed by atoms with Crippen LogP contribution in [0.4, 0.5) is 0 Å². The predicted molar refractivity (Wildman–Crippen MR) is 83.8 cm³/mol. The minimum atomic E-state index is -3.46. The highest BCUT2D eigenvalue weighted by Gasteiger charge is 2.25. The molecule has 0 radical (unpaired) electrons. The molecule has 1 fully saturated rings. The molecule has 0 N–H and O–H groups in total. The van der Waals surface area contributed by atoms with Crippen molar-refractivity contribution in [2.75, 3.05) is 39.1 Å². The quantitative estimate of drug-likeness (QED) is 0.795. The number of benzene rings is 1. The topological polar surface area (TPSA) is 66.9 Å². The Morgan fingerprint density at radius 1 is 1.27 bits per heavy atom. The summed E-state index contributed by atoms with van der Waals surface area (Å²) in [5, 5.41) is 0. The number of amides is 1. The zero-order valence-electron chi connectivity index (χ0n) is 13.0. The van der Waals surface area contributed by atoms with Crippen molar-refractivity contribution in [2.24, 2.45) is 0 Å². The first-order valence-electron chi connectivity index (χ1n) is 7.23. The smallest absolute Gasteiger partial charge is 0.238 e. The Morgan fingerprint density at radius 2 is 1.91 bits per heavy atom. The van der Waals surface area contributed by atoms with E-state index in [0.717, 1.165) is 17.4 Å². The van der Waals surface area contributed by atoms with Crippen molar-refractivity contribution < 1.29 is 17.9 Å². The van der Waals surface area contributed by atoms with Gasteiger partial charge in [0.25, 0.3) is 0 Å². The van der Waals surface area contributed by atoms with Gasteiger partial charge in [-0.05, 0) is 18.1 Å². The van der Waals surface area contributed by atoms with Crippen LogP contribution in [0.15, 0.2) is 24.3 Å². The molecule has 1 aliphatic rings. The number of nitrogens with zero attached hydrogens (tertiary/aromatic N) is 2. The third-order valence-corrected chi connectivity index (χ3v) is 4.95. The molecule has 22 heavy (non-hydrogen) atoms. The fourth-order valence-electron chi connectivity index (χ4n) is 2.33. The second kappa shape index (κ2) is 7.21. The SMILES string of the molecule is Cc1ccccc1CN(CC(=O)N1CCOCC1)S(C)(=O)=O. The van der Waals surface area contributed by atoms with Crippen molar-refractivity contribution >= 4 is 15.9 Å². The van der Waals surface area contributed by atoms with E-state index in [0.29, 0.717) is 26.3 Å². The van der Waals surface area contributed by atoms with Crippen molar-refractivity contribution in [2.45, 2.75) is 13.5 Å². The van der Waals surface area contributed by atoms with Crippen molar-refractivity contribution in [1.29, 1.82) is 0 Å². The van der Waals surface area contributed by atoms with Gasteiger partial charge in [-0.25, -0.2) is 8.42 Å². The summed E-state index contributed by atoms with van der Waals surface area (Å²) in [5.41, 5.74) is 1.91. The van der Waals surface area contributed by atoms with Crippen LogP contribution in [0, 0.1) is 6.92 Å². The van der Waals surface area contributed by atoms with E-state index in [9.17, 15) is 13.2 Å². The number of carbonyl (C=O) groups excluding carboxylic acids is 1. The largest absolute Gasteiger partial charge is 0.378 e. The zero-order valence-corrected chi connectivity index (χ0v) is 13.8. The lowest BCUT2D eigenvalue weighted by Crippen LogP contribution is -2.46. The van der Waals surface area contributed by atoms with Crippen LogP contribution in [0.5, 0.6) is 0 Å². The van der Waals surface area contributed by atoms with Crippen LogP contribution >= 0.6 is 0 Å². The van der Waals surface area contributed by atoms with Gasteiger partial charge in [-0.1, -0.05) is 24.3 Å². The van der Waals surface area contributed by atoms with Crippen LogP contribution in [0.1, 0.15) is 11.1 Å². The molecule has 0 aromatic heterocycles. The van der Waals surface area contributed by atoms with Gasteiger partial charge in [-0.3, -0.25) is 4.79 Å². The first-order chi connectivity index (χ1) is 10.4. The molecule has 0 atom stereocenters. The summed E-state index contributed by atoms with van der Waals surface area (Å²) >= 11 is 0. The fraction of sp³-hybridized carbons (Fsp3) is 0.533. The zero-order chi connectivity index (χ0) is 16.2. The molecule has 1 amide bonds. The summed E-state index contributed by atoms with van der Waals surface area (Å²) in [4.78, 5) is 13.9. The molecule has 0 unspecified atom stereocenters. The Balaban J connectivity index is 2.10. The van der Waals surface area contributed by atoms with E-state index in [1.807, 2.05) is 31.2 Å². The Hall–Kier alpha value is -1.44. The van der Waals surface area contributed by atoms with Gasteiger partial charge >= 0.3 is 0 Å². The van der Waals surface area contributed by atoms with E-state index in [1.165, 1.54) is 4.31 Å². The molecular weight excluding hydrogens is 304 g/mol. The molecule has 1 aromatic rings. The van der Waals surface area contributed by atoms with Crippen LogP contribution < -0.4 is 0 Å². The first kappa shape index (κ1) is 16.9. The van der Waals surface area contributed by atoms with Gasteiger partial charge in [-0.2, -0.15) is 4.31 Å². The lowest BCUT2D eigenvalue weighted by atomic mass is 10.1. The molecule has 0 saturated carbocycles. The molecule has 6 nitrogen and oxygen atoms in total. The minimum Gasteiger partial charge on any atom is -0.378 e. The summed E-state index contributed by atoms with van der Waals surface area (Å²) < 4.78 is 30.4. The molecule has 2 rings (SSSR count). The molecule has 7 heteroatoms. The summed E-state index contributed by atoms with van der Waals surface area (Å²) in [7, 11) is -3.46. The van der Waals surface area contributed by atoms with E-state index < -0.39 is 10.0 Å². The highest BCUT2D eigenvalue weighted by molar-refractivity contribution is 7.88. The number of rotatable bonds is 5. The molecule has 0 bridgehead atoms. The predicted octanol–water partition coefficient (Wildman–Crippen LogP) is 0.615. The Morgan fingerprint density at radius 3 is 2.50 bits per heavy atom. The number of ether oxygens (including phenoxy) is 1. The molecule has 1 saturated heterocycles. The van der Waals surface area contributed by atoms with Gasteiger partial charge in [0.05, 0.1) is 26.0 Å². The summed E-state index contributed by atoms with van der Waals surface area (Å²) in [5.74, 6) is -0.178. The van der Waals surface area contributed by atoms with Gasteiger partial charge < -0.3 is 9.64 Å². The average Bonchev–Trinajstić information content (AvgIpc) is 2.48. The number of hydrogen-bond acceptors (Lipinski definition) is 4. The van der Waals surface area contributed by atoms with Crippen LogP contribution in [0.3, 0.4) is 0 Å². The molecule has 1 aromatic carbocycles. The van der Waals surface area contributed by atoms with Crippen molar-refractivity contribution in [3.05, 3.63) is 35.4 Å². The second-order valence-electron chi connectivity index (χ2n) is 5.45. The number of sulfonamides is 1. The van der Waals surface area contributed by atoms with E-state index in [2.05, 4.69) is 0 Å². The number of aryl methyl sites for hydroxylation is 1. The molecule has 0 aliphatic carbocycles. The van der Waals surface area contributed by atoms with E-state index in [-0.39, 0.29) is 19.0 Å². The second-order valence-corrected chi connectivity index (χ2v) is 7.43. The highest BCUT2D eigenvalue weighted by atomic mass is 32.2. The van der Waals surface area contributed by atoms with E-state index >= 15 is 0 Å². The van der Waals surface area contributed by atoms with Gasteiger partial charge in [0.2, 0.25) is 15.9 Å². The Bertz CT molecular complexity index is 624. The molecule has 0 spiro atoms. The summed E-state index contributed by atoms with van der Waals surface area (Å²) in [6, 6.07) is 7.58. The summed E-state index contributed by atoms with van der Waals surface area (Å²) in [6.45, 7) is 4.04. The molecule has 1 heterocycles. The third kappa shape index (κ3) is 4.53. The Labute approximate surface area is 131 Å². The first-order valence-corrected chi connectivity index (χ1v) is 9.08. The van der Waals surface area contributed by atoms with E-state index in [1.54, 1.807) is 4.90 Å². The molecule has 122 valence electrons. The lowest BCUT2D eigenvalue weighted by Gasteiger charge is -2.29. The average molecular weight is 326 g/mol. The monoisotopic (exact) mass is 326 g/mol. The van der Waals surface area contributed by atoms with Crippen molar-refractivity contribution in [1.82, 2.24) is 9.21 Å². The third-order valence-electron chi connectivity index (χ3n) is 3.75. The van der Waals surface area contributed by atoms with Gasteiger partial charge in [0.15, 0.2) is 0 Å². The van der Waals surface area contributed by atoms with Crippen LogP contribution in [-0.2, 0) is 26.1 Å². The van der Waals surface area contributed by atoms with Crippen LogP contribution in [0.2, 0.25) is 0 Å². The molecule has 1 aliphatic heterocycles. The van der Waals surface area contributed by atoms with Crippen LogP contribution in [-0.4, -0.2) is 62.6 Å². The Kier molecular flexibility index (Phi) is 5.55. The minimum absolute atomic E-state index is 0.132. The number of hydrogen-bond donors (Lipinski definition) is 0. The van der Waals surface area contributed by atoms with Crippen molar-refractivity contribution in [3.8, 4) is 0 Å². The standard InChI is InChI=1S/C15H22N2O4S/c1-13-5-3-4-6-14(13)11-17(22(2,19)20)12-15(18)16-7-9-21-10-8-16/h3-6H,7-12H2,1-2H3. The number of carbonyl (C=O) groups is 1. The maximum absolute atomic E-state index is 12.3. The maximum Gasteiger partial charge on any atom is 0.238 e. The number of morpholine rings is 1.